The summed E-state index contributed by atoms with van der Waals surface area (Å²) in [6.07, 6.45) is 4.76. The summed E-state index contributed by atoms with van der Waals surface area (Å²) in [7, 11) is 0. The molecule has 4 nitrogen and oxygen atoms in total. The molecule has 142 valence electrons. The molecule has 0 bridgehead atoms. The molecular weight excluding hydrogens is 348 g/mol. The van der Waals surface area contributed by atoms with Crippen molar-refractivity contribution in [2.24, 2.45) is 11.8 Å². The number of carbonyl (C=O) groups excluding carboxylic acids is 2. The monoisotopic (exact) mass is 376 g/mol. The summed E-state index contributed by atoms with van der Waals surface area (Å²) in [4.78, 5) is 27.1. The van der Waals surface area contributed by atoms with Crippen molar-refractivity contribution < 1.29 is 9.59 Å². The first-order valence-corrected chi connectivity index (χ1v) is 10.2. The number of carbonyl (C=O) groups is 2. The molecule has 1 saturated carbocycles. The molecule has 1 unspecified atom stereocenters. The molecule has 1 N–H and O–H groups in total. The molecule has 0 aromatic heterocycles. The van der Waals surface area contributed by atoms with Crippen molar-refractivity contribution in [1.29, 1.82) is 0 Å². The first-order valence-electron chi connectivity index (χ1n) is 9.77. The van der Waals surface area contributed by atoms with Crippen molar-refractivity contribution in [1.82, 2.24) is 10.2 Å². The Morgan fingerprint density at radius 2 is 1.73 bits per heavy atom. The van der Waals surface area contributed by atoms with Crippen molar-refractivity contribution in [2.75, 3.05) is 13.1 Å². The Balaban J connectivity index is 1.54. The summed E-state index contributed by atoms with van der Waals surface area (Å²) in [5, 5.41) is 3.74. The van der Waals surface area contributed by atoms with Gasteiger partial charge in [-0.3, -0.25) is 9.59 Å². The van der Waals surface area contributed by atoms with Gasteiger partial charge in [0.1, 0.15) is 6.04 Å². The summed E-state index contributed by atoms with van der Waals surface area (Å²) < 4.78 is 0. The average Bonchev–Trinajstić information content (AvgIpc) is 3.43. The van der Waals surface area contributed by atoms with Crippen LogP contribution in [0, 0.1) is 11.8 Å². The van der Waals surface area contributed by atoms with Crippen LogP contribution in [-0.4, -0.2) is 35.8 Å². The van der Waals surface area contributed by atoms with Gasteiger partial charge >= 0.3 is 0 Å². The zero-order valence-electron chi connectivity index (χ0n) is 15.7. The number of nitrogens with one attached hydrogen (secondary N) is 1. The highest BCUT2D eigenvalue weighted by atomic mass is 35.5. The van der Waals surface area contributed by atoms with E-state index in [1.807, 2.05) is 30.9 Å². The van der Waals surface area contributed by atoms with E-state index >= 15 is 0 Å². The van der Waals surface area contributed by atoms with E-state index in [4.69, 9.17) is 11.6 Å². The summed E-state index contributed by atoms with van der Waals surface area (Å²) in [5.74, 6) is 1.19. The van der Waals surface area contributed by atoms with Gasteiger partial charge in [0.2, 0.25) is 11.8 Å². The number of piperidine rings is 1. The Hall–Kier alpha value is -1.55. The molecule has 1 atom stereocenters. The van der Waals surface area contributed by atoms with E-state index in [0.29, 0.717) is 18.3 Å². The predicted octanol–water partition coefficient (Wildman–Crippen LogP) is 3.99. The minimum Gasteiger partial charge on any atom is -0.344 e. The van der Waals surface area contributed by atoms with Crippen LogP contribution in [-0.2, 0) is 9.59 Å². The van der Waals surface area contributed by atoms with Crippen molar-refractivity contribution >= 4 is 23.4 Å². The third-order valence-corrected chi connectivity index (χ3v) is 5.82. The number of likely N-dealkylation sites (tertiary alicyclic amines) is 1. The van der Waals surface area contributed by atoms with Crippen LogP contribution in [0.4, 0.5) is 0 Å². The molecule has 1 aromatic rings. The number of hydrogen-bond donors (Lipinski definition) is 1. The Bertz CT molecular complexity index is 632. The summed E-state index contributed by atoms with van der Waals surface area (Å²) in [6, 6.07) is 7.62. The summed E-state index contributed by atoms with van der Waals surface area (Å²) in [6.45, 7) is 5.49. The van der Waals surface area contributed by atoms with Gasteiger partial charge in [0, 0.05) is 24.5 Å². The quantitative estimate of drug-likeness (QED) is 0.816. The largest absolute Gasteiger partial charge is 0.344 e. The second-order valence-electron chi connectivity index (χ2n) is 8.09. The van der Waals surface area contributed by atoms with Gasteiger partial charge in [-0.15, -0.1) is 0 Å². The fraction of sp³-hybridized carbons (Fsp3) is 0.619. The van der Waals surface area contributed by atoms with Gasteiger partial charge in [-0.05, 0) is 61.1 Å². The summed E-state index contributed by atoms with van der Waals surface area (Å²) >= 11 is 5.97. The van der Waals surface area contributed by atoms with Crippen LogP contribution in [0.5, 0.6) is 0 Å². The highest BCUT2D eigenvalue weighted by Gasteiger charge is 2.33. The number of nitrogens with zero attached hydrogens (tertiary/aromatic N) is 1. The van der Waals surface area contributed by atoms with Crippen LogP contribution in [0.2, 0.25) is 5.02 Å². The Kier molecular flexibility index (Phi) is 6.23. The van der Waals surface area contributed by atoms with Crippen LogP contribution in [0.25, 0.3) is 0 Å². The lowest BCUT2D eigenvalue weighted by Crippen LogP contribution is -2.52. The molecule has 26 heavy (non-hydrogen) atoms. The number of halogens is 1. The highest BCUT2D eigenvalue weighted by molar-refractivity contribution is 6.30. The van der Waals surface area contributed by atoms with Gasteiger partial charge in [-0.1, -0.05) is 37.6 Å². The van der Waals surface area contributed by atoms with Crippen molar-refractivity contribution in [3.63, 3.8) is 0 Å². The molecular formula is C21H29ClN2O2. The molecule has 0 radical (unpaired) electrons. The molecule has 1 aliphatic carbocycles. The van der Waals surface area contributed by atoms with Gasteiger partial charge < -0.3 is 10.2 Å². The van der Waals surface area contributed by atoms with Crippen LogP contribution in [0.3, 0.4) is 0 Å². The minimum absolute atomic E-state index is 0.0237. The van der Waals surface area contributed by atoms with Crippen LogP contribution >= 0.6 is 11.6 Å². The highest BCUT2D eigenvalue weighted by Crippen LogP contribution is 2.32. The molecule has 2 amide bonds. The van der Waals surface area contributed by atoms with E-state index in [-0.39, 0.29) is 17.7 Å². The second-order valence-corrected chi connectivity index (χ2v) is 8.52. The van der Waals surface area contributed by atoms with Gasteiger partial charge in [0.05, 0.1) is 0 Å². The average molecular weight is 377 g/mol. The van der Waals surface area contributed by atoms with Gasteiger partial charge in [0.25, 0.3) is 0 Å². The van der Waals surface area contributed by atoms with Crippen LogP contribution < -0.4 is 5.32 Å². The van der Waals surface area contributed by atoms with Gasteiger partial charge in [0.15, 0.2) is 0 Å². The third kappa shape index (κ3) is 5.00. The zero-order chi connectivity index (χ0) is 18.7. The standard InChI is InChI=1S/C21H29ClN2O2/c1-14(2)20(23-19(25)13-15-3-4-15)21(26)24-11-9-17(10-12-24)16-5-7-18(22)8-6-16/h5-8,14-15,17,20H,3-4,9-13H2,1-2H3,(H,23,25). The van der Waals surface area contributed by atoms with Crippen molar-refractivity contribution in [2.45, 2.75) is 57.9 Å². The minimum atomic E-state index is -0.409. The zero-order valence-corrected chi connectivity index (χ0v) is 16.5. The van der Waals surface area contributed by atoms with E-state index in [2.05, 4.69) is 17.4 Å². The molecule has 1 aliphatic heterocycles. The summed E-state index contributed by atoms with van der Waals surface area (Å²) in [5.41, 5.74) is 1.29. The normalized spacial score (nSPS) is 19.5. The van der Waals surface area contributed by atoms with Gasteiger partial charge in [-0.25, -0.2) is 0 Å². The van der Waals surface area contributed by atoms with Crippen LogP contribution in [0.15, 0.2) is 24.3 Å². The SMILES string of the molecule is CC(C)C(NC(=O)CC1CC1)C(=O)N1CCC(c2ccc(Cl)cc2)CC1. The molecule has 0 spiro atoms. The van der Waals surface area contributed by atoms with E-state index < -0.39 is 6.04 Å². The Labute approximate surface area is 161 Å². The lowest BCUT2D eigenvalue weighted by molar-refractivity contribution is -0.138. The Morgan fingerprint density at radius 3 is 2.27 bits per heavy atom. The molecule has 2 fully saturated rings. The van der Waals surface area contributed by atoms with Crippen molar-refractivity contribution in [3.05, 3.63) is 34.9 Å². The van der Waals surface area contributed by atoms with Gasteiger partial charge in [-0.2, -0.15) is 0 Å². The fourth-order valence-electron chi connectivity index (χ4n) is 3.69. The number of benzene rings is 1. The maximum Gasteiger partial charge on any atom is 0.245 e. The third-order valence-electron chi connectivity index (χ3n) is 5.57. The fourth-order valence-corrected chi connectivity index (χ4v) is 3.82. The predicted molar refractivity (Wildman–Crippen MR) is 104 cm³/mol. The first kappa shape index (κ1) is 19.2. The maximum absolute atomic E-state index is 13.0. The second kappa shape index (κ2) is 8.43. The van der Waals surface area contributed by atoms with E-state index in [1.165, 1.54) is 5.56 Å². The molecule has 1 saturated heterocycles. The first-order chi connectivity index (χ1) is 12.4. The number of hydrogen-bond acceptors (Lipinski definition) is 2. The lowest BCUT2D eigenvalue weighted by Gasteiger charge is -2.35. The molecule has 2 aliphatic rings. The molecule has 3 rings (SSSR count). The van der Waals surface area contributed by atoms with E-state index in [1.54, 1.807) is 0 Å². The van der Waals surface area contributed by atoms with Crippen LogP contribution in [0.1, 0.15) is 57.4 Å². The lowest BCUT2D eigenvalue weighted by atomic mass is 9.89. The van der Waals surface area contributed by atoms with E-state index in [0.717, 1.165) is 43.8 Å². The topological polar surface area (TPSA) is 49.4 Å². The molecule has 1 aromatic carbocycles. The number of amides is 2. The molecule has 1 heterocycles. The smallest absolute Gasteiger partial charge is 0.245 e. The van der Waals surface area contributed by atoms with E-state index in [9.17, 15) is 9.59 Å². The molecule has 5 heteroatoms. The Morgan fingerprint density at radius 1 is 1.12 bits per heavy atom. The van der Waals surface area contributed by atoms with Crippen molar-refractivity contribution in [3.8, 4) is 0 Å². The maximum atomic E-state index is 13.0. The number of rotatable bonds is 6.